The van der Waals surface area contributed by atoms with E-state index in [1.54, 1.807) is 6.07 Å². The van der Waals surface area contributed by atoms with E-state index in [0.717, 1.165) is 25.1 Å². The van der Waals surface area contributed by atoms with Crippen molar-refractivity contribution in [1.82, 2.24) is 5.32 Å². The Morgan fingerprint density at radius 3 is 3.00 bits per heavy atom. The lowest BCUT2D eigenvalue weighted by molar-refractivity contribution is 0.0932. The molecule has 4 heteroatoms. The van der Waals surface area contributed by atoms with Gasteiger partial charge in [0.15, 0.2) is 4.67 Å². The van der Waals surface area contributed by atoms with Gasteiger partial charge in [-0.25, -0.2) is 0 Å². The van der Waals surface area contributed by atoms with Gasteiger partial charge in [-0.2, -0.15) is 0 Å². The Kier molecular flexibility index (Phi) is 1.28. The van der Waals surface area contributed by atoms with Crippen molar-refractivity contribution in [2.75, 3.05) is 6.54 Å². The Labute approximate surface area is 83.6 Å². The summed E-state index contributed by atoms with van der Waals surface area (Å²) in [5.41, 5.74) is 0.838. The first-order valence-electron chi connectivity index (χ1n) is 4.29. The zero-order valence-electron chi connectivity index (χ0n) is 6.89. The number of amides is 1. The van der Waals surface area contributed by atoms with Crippen LogP contribution in [0.4, 0.5) is 0 Å². The smallest absolute Gasteiger partial charge is 0.254 e. The van der Waals surface area contributed by atoms with Crippen LogP contribution in [0.5, 0.6) is 0 Å². The number of rotatable bonds is 0. The first-order chi connectivity index (χ1) is 6.21. The fourth-order valence-corrected chi connectivity index (χ4v) is 2.29. The van der Waals surface area contributed by atoms with Crippen molar-refractivity contribution in [2.45, 2.75) is 18.3 Å². The van der Waals surface area contributed by atoms with Crippen LogP contribution >= 0.6 is 15.9 Å². The Morgan fingerprint density at radius 1 is 1.54 bits per heavy atom. The first kappa shape index (κ1) is 7.62. The number of furan rings is 1. The van der Waals surface area contributed by atoms with Gasteiger partial charge >= 0.3 is 0 Å². The van der Waals surface area contributed by atoms with Gasteiger partial charge < -0.3 is 9.73 Å². The maximum atomic E-state index is 11.4. The highest BCUT2D eigenvalue weighted by molar-refractivity contribution is 9.10. The third-order valence-corrected chi connectivity index (χ3v) is 3.26. The molecule has 1 aliphatic carbocycles. The molecule has 1 aliphatic heterocycles. The number of carbonyl (C=O) groups is 1. The van der Waals surface area contributed by atoms with E-state index in [9.17, 15) is 4.79 Å². The maximum Gasteiger partial charge on any atom is 0.254 e. The summed E-state index contributed by atoms with van der Waals surface area (Å²) in [5.74, 6) is 0.866. The molecule has 1 fully saturated rings. The third kappa shape index (κ3) is 0.921. The van der Waals surface area contributed by atoms with E-state index in [4.69, 9.17) is 4.42 Å². The highest BCUT2D eigenvalue weighted by atomic mass is 79.9. The van der Waals surface area contributed by atoms with Crippen LogP contribution < -0.4 is 5.32 Å². The van der Waals surface area contributed by atoms with E-state index in [2.05, 4.69) is 21.2 Å². The number of nitrogens with one attached hydrogen (secondary N) is 1. The summed E-state index contributed by atoms with van der Waals surface area (Å²) in [6.45, 7) is 0.735. The zero-order chi connectivity index (χ0) is 9.05. The van der Waals surface area contributed by atoms with Crippen LogP contribution in [0.2, 0.25) is 0 Å². The van der Waals surface area contributed by atoms with Crippen molar-refractivity contribution in [3.8, 4) is 0 Å². The average molecular weight is 242 g/mol. The van der Waals surface area contributed by atoms with Gasteiger partial charge in [0, 0.05) is 18.0 Å². The molecule has 1 saturated carbocycles. The predicted molar refractivity (Wildman–Crippen MR) is 49.7 cm³/mol. The molecule has 1 aromatic rings. The van der Waals surface area contributed by atoms with Gasteiger partial charge in [-0.05, 0) is 28.8 Å². The van der Waals surface area contributed by atoms with Gasteiger partial charge in [0.1, 0.15) is 5.76 Å². The molecule has 2 heterocycles. The Balaban J connectivity index is 2.21. The average Bonchev–Trinajstić information content (AvgIpc) is 2.76. The molecule has 1 amide bonds. The topological polar surface area (TPSA) is 42.2 Å². The van der Waals surface area contributed by atoms with Crippen LogP contribution in [-0.2, 0) is 5.41 Å². The second kappa shape index (κ2) is 2.18. The van der Waals surface area contributed by atoms with Gasteiger partial charge in [0.05, 0.1) is 5.56 Å². The van der Waals surface area contributed by atoms with Crippen LogP contribution in [0, 0.1) is 0 Å². The molecule has 2 aliphatic rings. The zero-order valence-corrected chi connectivity index (χ0v) is 8.48. The summed E-state index contributed by atoms with van der Waals surface area (Å²) in [5, 5.41) is 2.88. The summed E-state index contributed by atoms with van der Waals surface area (Å²) in [7, 11) is 0. The van der Waals surface area contributed by atoms with E-state index in [-0.39, 0.29) is 11.3 Å². The minimum Gasteiger partial charge on any atom is -0.453 e. The highest BCUT2D eigenvalue weighted by Crippen LogP contribution is 2.51. The summed E-state index contributed by atoms with van der Waals surface area (Å²) in [6.07, 6.45) is 2.25. The van der Waals surface area contributed by atoms with Crippen LogP contribution in [0.15, 0.2) is 15.2 Å². The SMILES string of the molecule is O=C1NCC2(CC2)c2oc(Br)cc21. The van der Waals surface area contributed by atoms with Crippen LogP contribution in [0.1, 0.15) is 29.0 Å². The number of carbonyl (C=O) groups excluding carboxylic acids is 1. The van der Waals surface area contributed by atoms with E-state index in [0.29, 0.717) is 10.2 Å². The summed E-state index contributed by atoms with van der Waals surface area (Å²) >= 11 is 3.25. The van der Waals surface area contributed by atoms with Crippen molar-refractivity contribution in [3.63, 3.8) is 0 Å². The largest absolute Gasteiger partial charge is 0.453 e. The van der Waals surface area contributed by atoms with Gasteiger partial charge in [0.25, 0.3) is 5.91 Å². The Bertz CT molecular complexity index is 392. The van der Waals surface area contributed by atoms with Crippen LogP contribution in [-0.4, -0.2) is 12.5 Å². The summed E-state index contributed by atoms with van der Waals surface area (Å²) in [6, 6.07) is 1.75. The number of fused-ring (bicyclic) bond motifs is 2. The lowest BCUT2D eigenvalue weighted by Crippen LogP contribution is -2.38. The highest BCUT2D eigenvalue weighted by Gasteiger charge is 2.52. The van der Waals surface area contributed by atoms with E-state index >= 15 is 0 Å². The van der Waals surface area contributed by atoms with Crippen molar-refractivity contribution in [3.05, 3.63) is 22.1 Å². The summed E-state index contributed by atoms with van der Waals surface area (Å²) in [4.78, 5) is 11.4. The lowest BCUT2D eigenvalue weighted by Gasteiger charge is -2.20. The fraction of sp³-hybridized carbons (Fsp3) is 0.444. The lowest BCUT2D eigenvalue weighted by atomic mass is 9.96. The molecule has 0 aromatic carbocycles. The minimum atomic E-state index is -0.0121. The number of hydrogen-bond acceptors (Lipinski definition) is 2. The molecule has 13 heavy (non-hydrogen) atoms. The number of halogens is 1. The van der Waals surface area contributed by atoms with Crippen molar-refractivity contribution < 1.29 is 9.21 Å². The molecule has 1 spiro atoms. The molecule has 3 nitrogen and oxygen atoms in total. The van der Waals surface area contributed by atoms with E-state index < -0.39 is 0 Å². The molecular weight excluding hydrogens is 234 g/mol. The second-order valence-corrected chi connectivity index (χ2v) is 4.54. The standard InChI is InChI=1S/C9H8BrNO2/c10-6-3-5-7(13-6)9(1-2-9)4-11-8(5)12/h3H,1-2,4H2,(H,11,12). The van der Waals surface area contributed by atoms with E-state index in [1.165, 1.54) is 0 Å². The predicted octanol–water partition coefficient (Wildman–Crippen LogP) is 1.82. The maximum absolute atomic E-state index is 11.4. The van der Waals surface area contributed by atoms with Gasteiger partial charge in [-0.3, -0.25) is 4.79 Å². The summed E-state index contributed by atoms with van der Waals surface area (Å²) < 4.78 is 6.16. The van der Waals surface area contributed by atoms with Crippen molar-refractivity contribution in [2.24, 2.45) is 0 Å². The molecule has 3 rings (SSSR count). The Morgan fingerprint density at radius 2 is 2.31 bits per heavy atom. The van der Waals surface area contributed by atoms with E-state index in [1.807, 2.05) is 0 Å². The molecule has 1 aromatic heterocycles. The fourth-order valence-electron chi connectivity index (χ4n) is 1.90. The normalized spacial score (nSPS) is 22.7. The molecular formula is C9H8BrNO2. The quantitative estimate of drug-likeness (QED) is 0.753. The van der Waals surface area contributed by atoms with Gasteiger partial charge in [0.2, 0.25) is 0 Å². The van der Waals surface area contributed by atoms with Gasteiger partial charge in [-0.15, -0.1) is 0 Å². The van der Waals surface area contributed by atoms with Crippen molar-refractivity contribution in [1.29, 1.82) is 0 Å². The van der Waals surface area contributed by atoms with Crippen molar-refractivity contribution >= 4 is 21.8 Å². The first-order valence-corrected chi connectivity index (χ1v) is 5.09. The van der Waals surface area contributed by atoms with Crippen LogP contribution in [0.25, 0.3) is 0 Å². The van der Waals surface area contributed by atoms with Crippen LogP contribution in [0.3, 0.4) is 0 Å². The molecule has 0 bridgehead atoms. The molecule has 0 atom stereocenters. The molecule has 0 unspecified atom stereocenters. The minimum absolute atomic E-state index is 0.0121. The molecule has 0 radical (unpaired) electrons. The monoisotopic (exact) mass is 241 g/mol. The Hall–Kier alpha value is -0.770. The third-order valence-electron chi connectivity index (χ3n) is 2.87. The molecule has 68 valence electrons. The molecule has 0 saturated heterocycles. The number of hydrogen-bond donors (Lipinski definition) is 1. The molecule has 1 N–H and O–H groups in total. The van der Waals surface area contributed by atoms with Gasteiger partial charge in [-0.1, -0.05) is 0 Å². The second-order valence-electron chi connectivity index (χ2n) is 3.76.